The van der Waals surface area contributed by atoms with Crippen molar-refractivity contribution in [2.24, 2.45) is 5.41 Å². The lowest BCUT2D eigenvalue weighted by Gasteiger charge is -2.23. The minimum Gasteiger partial charge on any atom is -0.497 e. The molecule has 0 aromatic heterocycles. The number of likely N-dealkylation sites (tertiary alicyclic amines) is 1. The molecule has 1 aliphatic rings. The van der Waals surface area contributed by atoms with E-state index in [1.54, 1.807) is 25.9 Å². The Hall–Kier alpha value is -2.08. The van der Waals surface area contributed by atoms with Gasteiger partial charge in [-0.25, -0.2) is 0 Å². The van der Waals surface area contributed by atoms with Crippen molar-refractivity contribution in [1.29, 1.82) is 0 Å². The normalized spacial score (nSPS) is 22.0. The van der Waals surface area contributed by atoms with Gasteiger partial charge in [0.2, 0.25) is 0 Å². The number of methoxy groups -OCH3 is 1. The minimum atomic E-state index is -0.863. The molecular formula is C17H23NO5. The molecule has 0 spiro atoms. The maximum absolute atomic E-state index is 12.4. The van der Waals surface area contributed by atoms with Crippen LogP contribution in [0.2, 0.25) is 0 Å². The van der Waals surface area contributed by atoms with Crippen LogP contribution < -0.4 is 4.74 Å². The van der Waals surface area contributed by atoms with Crippen molar-refractivity contribution in [3.05, 3.63) is 29.8 Å². The van der Waals surface area contributed by atoms with Crippen LogP contribution in [0.5, 0.6) is 5.75 Å². The molecule has 0 aliphatic carbocycles. The molecule has 2 atom stereocenters. The fourth-order valence-corrected chi connectivity index (χ4v) is 2.64. The van der Waals surface area contributed by atoms with Crippen LogP contribution in [0.4, 0.5) is 0 Å². The number of amides is 1. The summed E-state index contributed by atoms with van der Waals surface area (Å²) >= 11 is 0. The van der Waals surface area contributed by atoms with Crippen LogP contribution in [0.15, 0.2) is 24.3 Å². The van der Waals surface area contributed by atoms with Gasteiger partial charge in [0, 0.05) is 13.1 Å². The van der Waals surface area contributed by atoms with Crippen LogP contribution in [-0.4, -0.2) is 48.2 Å². The van der Waals surface area contributed by atoms with Gasteiger partial charge in [-0.15, -0.1) is 0 Å². The summed E-state index contributed by atoms with van der Waals surface area (Å²) in [6.45, 7) is 4.35. The standard InChI is InChI=1S/C17H23NO5/c1-12(23-10-13-5-4-6-14(9-13)22-3)15(19)18-8-7-17(2,11-18)16(20)21/h4-6,9,12H,7-8,10-11H2,1-3H3,(H,20,21)/t12-,17+/m1/s1. The number of rotatable bonds is 6. The van der Waals surface area contributed by atoms with Crippen LogP contribution in [0.25, 0.3) is 0 Å². The predicted molar refractivity (Wildman–Crippen MR) is 84.2 cm³/mol. The predicted octanol–water partition coefficient (Wildman–Crippen LogP) is 1.92. The van der Waals surface area contributed by atoms with Gasteiger partial charge in [0.05, 0.1) is 19.1 Å². The van der Waals surface area contributed by atoms with Gasteiger partial charge in [0.1, 0.15) is 11.9 Å². The zero-order chi connectivity index (χ0) is 17.0. The summed E-state index contributed by atoms with van der Waals surface area (Å²) in [5.41, 5.74) is 0.0585. The summed E-state index contributed by atoms with van der Waals surface area (Å²) in [5, 5.41) is 9.23. The van der Waals surface area contributed by atoms with Gasteiger partial charge in [-0.2, -0.15) is 0 Å². The van der Waals surface area contributed by atoms with E-state index in [1.807, 2.05) is 24.3 Å². The average Bonchev–Trinajstić information content (AvgIpc) is 2.96. The Bertz CT molecular complexity index is 588. The highest BCUT2D eigenvalue weighted by Crippen LogP contribution is 2.30. The topological polar surface area (TPSA) is 76.1 Å². The third kappa shape index (κ3) is 4.01. The number of hydrogen-bond donors (Lipinski definition) is 1. The number of carbonyl (C=O) groups excluding carboxylic acids is 1. The molecule has 6 nitrogen and oxygen atoms in total. The highest BCUT2D eigenvalue weighted by atomic mass is 16.5. The quantitative estimate of drug-likeness (QED) is 0.866. The first-order valence-electron chi connectivity index (χ1n) is 7.62. The number of carboxylic acid groups (broad SMARTS) is 1. The molecule has 2 rings (SSSR count). The number of nitrogens with zero attached hydrogens (tertiary/aromatic N) is 1. The van der Waals surface area contributed by atoms with E-state index >= 15 is 0 Å². The molecule has 1 aliphatic heterocycles. The van der Waals surface area contributed by atoms with Crippen molar-refractivity contribution in [3.8, 4) is 5.75 Å². The van der Waals surface area contributed by atoms with Crippen molar-refractivity contribution in [3.63, 3.8) is 0 Å². The maximum atomic E-state index is 12.4. The Morgan fingerprint density at radius 2 is 2.17 bits per heavy atom. The third-order valence-corrected chi connectivity index (χ3v) is 4.28. The fraction of sp³-hybridized carbons (Fsp3) is 0.529. The van der Waals surface area contributed by atoms with E-state index in [0.29, 0.717) is 19.6 Å². The molecule has 1 amide bonds. The van der Waals surface area contributed by atoms with Gasteiger partial charge in [-0.05, 0) is 38.0 Å². The molecule has 1 heterocycles. The van der Waals surface area contributed by atoms with Crippen molar-refractivity contribution in [2.45, 2.75) is 33.0 Å². The number of ether oxygens (including phenoxy) is 2. The maximum Gasteiger partial charge on any atom is 0.311 e. The van der Waals surface area contributed by atoms with Crippen LogP contribution in [-0.2, 0) is 20.9 Å². The summed E-state index contributed by atoms with van der Waals surface area (Å²) in [5.74, 6) is -0.294. The van der Waals surface area contributed by atoms with Crippen LogP contribution in [0.1, 0.15) is 25.8 Å². The second-order valence-corrected chi connectivity index (χ2v) is 6.18. The zero-order valence-electron chi connectivity index (χ0n) is 13.7. The zero-order valence-corrected chi connectivity index (χ0v) is 13.7. The lowest BCUT2D eigenvalue weighted by molar-refractivity contribution is -0.148. The average molecular weight is 321 g/mol. The lowest BCUT2D eigenvalue weighted by Crippen LogP contribution is -2.40. The molecule has 6 heteroatoms. The second-order valence-electron chi connectivity index (χ2n) is 6.18. The molecule has 0 bridgehead atoms. The van der Waals surface area contributed by atoms with E-state index < -0.39 is 17.5 Å². The molecule has 0 radical (unpaired) electrons. The summed E-state index contributed by atoms with van der Waals surface area (Å²) in [6.07, 6.45) is -0.145. The molecule has 1 fully saturated rings. The molecule has 0 unspecified atom stereocenters. The SMILES string of the molecule is COc1cccc(CO[C@H](C)C(=O)N2CC[C@](C)(C(=O)O)C2)c1. The Balaban J connectivity index is 1.89. The Kier molecular flexibility index (Phi) is 5.26. The first-order valence-corrected chi connectivity index (χ1v) is 7.62. The molecule has 1 aromatic rings. The minimum absolute atomic E-state index is 0.169. The highest BCUT2D eigenvalue weighted by molar-refractivity contribution is 5.83. The fourth-order valence-electron chi connectivity index (χ4n) is 2.64. The van der Waals surface area contributed by atoms with Crippen molar-refractivity contribution < 1.29 is 24.2 Å². The largest absolute Gasteiger partial charge is 0.497 e. The van der Waals surface area contributed by atoms with Crippen LogP contribution in [0.3, 0.4) is 0 Å². The smallest absolute Gasteiger partial charge is 0.311 e. The molecule has 0 saturated carbocycles. The summed E-state index contributed by atoms with van der Waals surface area (Å²) in [6, 6.07) is 7.46. The van der Waals surface area contributed by atoms with E-state index in [2.05, 4.69) is 0 Å². The lowest BCUT2D eigenvalue weighted by atomic mass is 9.90. The molecule has 1 saturated heterocycles. The number of aliphatic carboxylic acids is 1. The molecule has 23 heavy (non-hydrogen) atoms. The summed E-state index contributed by atoms with van der Waals surface area (Å²) < 4.78 is 10.8. The third-order valence-electron chi connectivity index (χ3n) is 4.28. The van der Waals surface area contributed by atoms with E-state index in [1.165, 1.54) is 0 Å². The number of benzene rings is 1. The Labute approximate surface area is 136 Å². The van der Waals surface area contributed by atoms with E-state index in [0.717, 1.165) is 11.3 Å². The van der Waals surface area contributed by atoms with Crippen molar-refractivity contribution in [2.75, 3.05) is 20.2 Å². The molecular weight excluding hydrogens is 298 g/mol. The molecule has 1 aromatic carbocycles. The van der Waals surface area contributed by atoms with E-state index in [4.69, 9.17) is 9.47 Å². The number of carboxylic acids is 1. The number of hydrogen-bond acceptors (Lipinski definition) is 4. The molecule has 1 N–H and O–H groups in total. The van der Waals surface area contributed by atoms with Crippen LogP contribution in [0, 0.1) is 5.41 Å². The second kappa shape index (κ2) is 7.00. The Morgan fingerprint density at radius 1 is 1.43 bits per heavy atom. The van der Waals surface area contributed by atoms with Gasteiger partial charge >= 0.3 is 5.97 Å². The monoisotopic (exact) mass is 321 g/mol. The van der Waals surface area contributed by atoms with Crippen LogP contribution >= 0.6 is 0 Å². The van der Waals surface area contributed by atoms with E-state index in [9.17, 15) is 14.7 Å². The van der Waals surface area contributed by atoms with Crippen molar-refractivity contribution in [1.82, 2.24) is 4.90 Å². The first-order chi connectivity index (χ1) is 10.9. The highest BCUT2D eigenvalue weighted by Gasteiger charge is 2.42. The van der Waals surface area contributed by atoms with Gasteiger partial charge in [0.15, 0.2) is 0 Å². The van der Waals surface area contributed by atoms with Crippen molar-refractivity contribution >= 4 is 11.9 Å². The van der Waals surface area contributed by atoms with Gasteiger partial charge < -0.3 is 19.5 Å². The van der Waals surface area contributed by atoms with E-state index in [-0.39, 0.29) is 12.5 Å². The van der Waals surface area contributed by atoms with Gasteiger partial charge in [0.25, 0.3) is 5.91 Å². The Morgan fingerprint density at radius 3 is 2.78 bits per heavy atom. The van der Waals surface area contributed by atoms with Gasteiger partial charge in [-0.1, -0.05) is 12.1 Å². The van der Waals surface area contributed by atoms with Gasteiger partial charge in [-0.3, -0.25) is 9.59 Å². The first kappa shape index (κ1) is 17.3. The summed E-state index contributed by atoms with van der Waals surface area (Å²) in [4.78, 5) is 25.2. The number of carbonyl (C=O) groups is 2. The summed E-state index contributed by atoms with van der Waals surface area (Å²) in [7, 11) is 1.60. The molecule has 126 valence electrons.